The van der Waals surface area contributed by atoms with Crippen LogP contribution in [0, 0.1) is 11.8 Å². The van der Waals surface area contributed by atoms with Crippen LogP contribution in [0.25, 0.3) is 0 Å². The molecule has 2 heterocycles. The van der Waals surface area contributed by atoms with Gasteiger partial charge in [0.1, 0.15) is 22.9 Å². The predicted octanol–water partition coefficient (Wildman–Crippen LogP) is 2.77. The molecule has 2 aromatic rings. The Kier molecular flexibility index (Phi) is 4.99. The summed E-state index contributed by atoms with van der Waals surface area (Å²) >= 11 is 0. The maximum atomic E-state index is 12.4. The summed E-state index contributed by atoms with van der Waals surface area (Å²) in [6, 6.07) is 10.8. The summed E-state index contributed by atoms with van der Waals surface area (Å²) in [5.41, 5.74) is 0.408. The lowest BCUT2D eigenvalue weighted by Crippen LogP contribution is -2.30. The van der Waals surface area contributed by atoms with Gasteiger partial charge in [0.25, 0.3) is 0 Å². The number of carbonyl (C=O) groups is 1. The van der Waals surface area contributed by atoms with Crippen molar-refractivity contribution in [1.29, 1.82) is 0 Å². The molecule has 2 fully saturated rings. The second-order valence-corrected chi connectivity index (χ2v) is 7.43. The SMILES string of the molecule is COc1ccc(O[C@H]2C[C@@H]3CN(CC(=O)c4ccc(O)cn4)C[C@@H]3C2)cc1. The number of carbonyl (C=O) groups excluding carboxylic acids is 1. The Bertz CT molecular complexity index is 777. The summed E-state index contributed by atoms with van der Waals surface area (Å²) in [6.45, 7) is 2.24. The highest BCUT2D eigenvalue weighted by Gasteiger charge is 2.42. The zero-order valence-corrected chi connectivity index (χ0v) is 15.4. The first-order valence-corrected chi connectivity index (χ1v) is 9.32. The third kappa shape index (κ3) is 4.06. The van der Waals surface area contributed by atoms with Crippen molar-refractivity contribution in [3.63, 3.8) is 0 Å². The van der Waals surface area contributed by atoms with Crippen molar-refractivity contribution in [2.45, 2.75) is 18.9 Å². The molecule has 1 aliphatic carbocycles. The molecule has 1 saturated carbocycles. The zero-order valence-electron chi connectivity index (χ0n) is 15.4. The maximum absolute atomic E-state index is 12.4. The van der Waals surface area contributed by atoms with Crippen molar-refractivity contribution in [2.75, 3.05) is 26.7 Å². The first-order valence-electron chi connectivity index (χ1n) is 9.32. The lowest BCUT2D eigenvalue weighted by Gasteiger charge is -2.19. The van der Waals surface area contributed by atoms with Crippen molar-refractivity contribution in [3.8, 4) is 17.2 Å². The van der Waals surface area contributed by atoms with E-state index in [2.05, 4.69) is 9.88 Å². The number of ether oxygens (including phenoxy) is 2. The molecule has 6 heteroatoms. The van der Waals surface area contributed by atoms with Crippen LogP contribution < -0.4 is 9.47 Å². The minimum Gasteiger partial charge on any atom is -0.506 e. The number of fused-ring (bicyclic) bond motifs is 1. The summed E-state index contributed by atoms with van der Waals surface area (Å²) in [4.78, 5) is 18.6. The molecule has 3 atom stereocenters. The molecule has 0 spiro atoms. The summed E-state index contributed by atoms with van der Waals surface area (Å²) in [5.74, 6) is 2.94. The number of aromatic hydroxyl groups is 1. The summed E-state index contributed by atoms with van der Waals surface area (Å²) in [7, 11) is 1.66. The van der Waals surface area contributed by atoms with Gasteiger partial charge in [-0.15, -0.1) is 0 Å². The second kappa shape index (κ2) is 7.56. The molecule has 1 aliphatic heterocycles. The molecule has 1 N–H and O–H groups in total. The van der Waals surface area contributed by atoms with Crippen molar-refractivity contribution in [1.82, 2.24) is 9.88 Å². The number of likely N-dealkylation sites (tertiary alicyclic amines) is 1. The Morgan fingerprint density at radius 1 is 1.11 bits per heavy atom. The number of benzene rings is 1. The number of hydrogen-bond donors (Lipinski definition) is 1. The van der Waals surface area contributed by atoms with Gasteiger partial charge >= 0.3 is 0 Å². The first kappa shape index (κ1) is 17.8. The van der Waals surface area contributed by atoms with Crippen molar-refractivity contribution >= 4 is 5.78 Å². The van der Waals surface area contributed by atoms with E-state index in [4.69, 9.17) is 9.47 Å². The average molecular weight is 368 g/mol. The van der Waals surface area contributed by atoms with Crippen molar-refractivity contribution in [2.24, 2.45) is 11.8 Å². The minimum absolute atomic E-state index is 0.000932. The van der Waals surface area contributed by atoms with E-state index in [-0.39, 0.29) is 17.6 Å². The molecular formula is C21H24N2O4. The van der Waals surface area contributed by atoms with Gasteiger partial charge in [0.05, 0.1) is 26.0 Å². The molecule has 0 radical (unpaired) electrons. The Labute approximate surface area is 158 Å². The van der Waals surface area contributed by atoms with Crippen LogP contribution in [0.4, 0.5) is 0 Å². The van der Waals surface area contributed by atoms with Crippen molar-refractivity contribution < 1.29 is 19.4 Å². The van der Waals surface area contributed by atoms with E-state index < -0.39 is 0 Å². The topological polar surface area (TPSA) is 71.9 Å². The number of Topliss-reactive ketones (excluding diaryl/α,β-unsaturated/α-hetero) is 1. The van der Waals surface area contributed by atoms with Crippen LogP contribution in [0.15, 0.2) is 42.6 Å². The van der Waals surface area contributed by atoms with Crippen LogP contribution in [0.5, 0.6) is 17.2 Å². The number of nitrogens with zero attached hydrogens (tertiary/aromatic N) is 2. The lowest BCUT2D eigenvalue weighted by atomic mass is 10.0. The average Bonchev–Trinajstić information content (AvgIpc) is 3.20. The molecule has 6 nitrogen and oxygen atoms in total. The molecule has 4 rings (SSSR count). The van der Waals surface area contributed by atoms with Crippen molar-refractivity contribution in [3.05, 3.63) is 48.3 Å². The van der Waals surface area contributed by atoms with E-state index in [0.717, 1.165) is 37.4 Å². The van der Waals surface area contributed by atoms with Gasteiger partial charge in [0.2, 0.25) is 0 Å². The van der Waals surface area contributed by atoms with Gasteiger partial charge < -0.3 is 14.6 Å². The Morgan fingerprint density at radius 3 is 2.37 bits per heavy atom. The fraction of sp³-hybridized carbons (Fsp3) is 0.429. The normalized spacial score (nSPS) is 24.6. The highest BCUT2D eigenvalue weighted by Crippen LogP contribution is 2.39. The summed E-state index contributed by atoms with van der Waals surface area (Å²) in [5, 5.41) is 9.29. The largest absolute Gasteiger partial charge is 0.506 e. The van der Waals surface area contributed by atoms with E-state index >= 15 is 0 Å². The highest BCUT2D eigenvalue weighted by atomic mass is 16.5. The Balaban J connectivity index is 1.27. The highest BCUT2D eigenvalue weighted by molar-refractivity contribution is 5.95. The van der Waals surface area contributed by atoms with Gasteiger partial charge in [-0.3, -0.25) is 9.69 Å². The number of hydrogen-bond acceptors (Lipinski definition) is 6. The number of rotatable bonds is 6. The van der Waals surface area contributed by atoms with E-state index in [9.17, 15) is 9.90 Å². The summed E-state index contributed by atoms with van der Waals surface area (Å²) in [6.07, 6.45) is 3.61. The van der Waals surface area contributed by atoms with Crippen LogP contribution in [-0.2, 0) is 0 Å². The van der Waals surface area contributed by atoms with Gasteiger partial charge in [0.15, 0.2) is 5.78 Å². The summed E-state index contributed by atoms with van der Waals surface area (Å²) < 4.78 is 11.3. The van der Waals surface area contributed by atoms with Gasteiger partial charge in [-0.2, -0.15) is 0 Å². The number of ketones is 1. The van der Waals surface area contributed by atoms with E-state index in [0.29, 0.717) is 24.1 Å². The van der Waals surface area contributed by atoms with Crippen LogP contribution >= 0.6 is 0 Å². The number of methoxy groups -OCH3 is 1. The van der Waals surface area contributed by atoms with Gasteiger partial charge in [0, 0.05) is 13.1 Å². The standard InChI is InChI=1S/C21H24N2O4/c1-26-17-3-5-18(6-4-17)27-19-8-14-11-23(12-15(14)9-19)13-21(25)20-7-2-16(24)10-22-20/h2-7,10,14-15,19,24H,8-9,11-13H2,1H3/t14-,15+,19+. The fourth-order valence-corrected chi connectivity index (χ4v) is 4.25. The lowest BCUT2D eigenvalue weighted by molar-refractivity contribution is 0.0931. The monoisotopic (exact) mass is 368 g/mol. The second-order valence-electron chi connectivity index (χ2n) is 7.43. The molecular weight excluding hydrogens is 344 g/mol. The van der Waals surface area contributed by atoms with E-state index in [1.54, 1.807) is 13.2 Å². The molecule has 1 aromatic heterocycles. The molecule has 0 unspecified atom stereocenters. The quantitative estimate of drug-likeness (QED) is 0.791. The van der Waals surface area contributed by atoms with Crippen LogP contribution in [0.1, 0.15) is 23.3 Å². The van der Waals surface area contributed by atoms with Gasteiger partial charge in [-0.1, -0.05) is 0 Å². The van der Waals surface area contributed by atoms with E-state index in [1.807, 2.05) is 24.3 Å². The van der Waals surface area contributed by atoms with Crippen LogP contribution in [-0.4, -0.2) is 53.6 Å². The molecule has 1 aromatic carbocycles. The molecule has 1 saturated heterocycles. The first-order chi connectivity index (χ1) is 13.1. The molecule has 0 bridgehead atoms. The fourth-order valence-electron chi connectivity index (χ4n) is 4.25. The molecule has 142 valence electrons. The van der Waals surface area contributed by atoms with Crippen LogP contribution in [0.2, 0.25) is 0 Å². The Morgan fingerprint density at radius 2 is 1.78 bits per heavy atom. The Hall–Kier alpha value is -2.60. The number of pyridine rings is 1. The zero-order chi connectivity index (χ0) is 18.8. The minimum atomic E-state index is 0.000932. The predicted molar refractivity (Wildman–Crippen MR) is 100 cm³/mol. The van der Waals surface area contributed by atoms with Crippen LogP contribution in [0.3, 0.4) is 0 Å². The van der Waals surface area contributed by atoms with Gasteiger partial charge in [-0.05, 0) is 61.1 Å². The van der Waals surface area contributed by atoms with Gasteiger partial charge in [-0.25, -0.2) is 4.98 Å². The van der Waals surface area contributed by atoms with E-state index in [1.165, 1.54) is 12.3 Å². The molecule has 2 aliphatic rings. The third-order valence-corrected chi connectivity index (χ3v) is 5.55. The molecule has 27 heavy (non-hydrogen) atoms. The molecule has 0 amide bonds. The maximum Gasteiger partial charge on any atom is 0.195 e. The third-order valence-electron chi connectivity index (χ3n) is 5.55. The number of aromatic nitrogens is 1. The smallest absolute Gasteiger partial charge is 0.195 e.